The molecule has 0 aromatic heterocycles. The molecule has 6 nitrogen and oxygen atoms in total. The van der Waals surface area contributed by atoms with E-state index in [1.165, 1.54) is 6.92 Å². The minimum atomic E-state index is -0.117. The quantitative estimate of drug-likeness (QED) is 0.585. The number of halogens is 1. The lowest BCUT2D eigenvalue weighted by molar-refractivity contribution is -0.114. The van der Waals surface area contributed by atoms with E-state index in [4.69, 9.17) is 28.6 Å². The number of methoxy groups -OCH3 is 1. The summed E-state index contributed by atoms with van der Waals surface area (Å²) in [5.74, 6) is 0.456. The molecule has 2 aromatic carbocycles. The van der Waals surface area contributed by atoms with Gasteiger partial charge >= 0.3 is 0 Å². The highest BCUT2D eigenvalue weighted by Crippen LogP contribution is 2.34. The van der Waals surface area contributed by atoms with Crippen LogP contribution in [0.15, 0.2) is 36.4 Å². The molecule has 1 amide bonds. The second-order valence-electron chi connectivity index (χ2n) is 5.12. The molecule has 2 rings (SSSR count). The second-order valence-corrected chi connectivity index (χ2v) is 5.94. The van der Waals surface area contributed by atoms with Crippen molar-refractivity contribution >= 4 is 57.6 Å². The predicted octanol–water partition coefficient (Wildman–Crippen LogP) is 4.16. The third-order valence-corrected chi connectivity index (χ3v) is 3.77. The van der Waals surface area contributed by atoms with E-state index in [1.54, 1.807) is 38.4 Å². The first-order valence-corrected chi connectivity index (χ1v) is 8.22. The molecule has 0 aliphatic rings. The Hall–Kier alpha value is -2.51. The molecule has 0 heterocycles. The van der Waals surface area contributed by atoms with Crippen molar-refractivity contribution in [2.75, 3.05) is 35.4 Å². The zero-order valence-electron chi connectivity index (χ0n) is 14.1. The maximum absolute atomic E-state index is 11.0. The molecular formula is C17H19ClN4O2S. The number of carbonyl (C=O) groups is 1. The van der Waals surface area contributed by atoms with Gasteiger partial charge in [0.1, 0.15) is 5.75 Å². The fraction of sp³-hybridized carbons (Fsp3) is 0.176. The summed E-state index contributed by atoms with van der Waals surface area (Å²) in [7, 11) is 3.36. The van der Waals surface area contributed by atoms with Crippen LogP contribution in [0, 0.1) is 0 Å². The molecule has 0 saturated heterocycles. The Bertz CT molecular complexity index is 781. The van der Waals surface area contributed by atoms with Crippen LogP contribution in [-0.4, -0.2) is 25.2 Å². The number of rotatable bonds is 5. The van der Waals surface area contributed by atoms with Crippen LogP contribution in [-0.2, 0) is 4.79 Å². The van der Waals surface area contributed by atoms with E-state index in [2.05, 4.69) is 21.3 Å². The van der Waals surface area contributed by atoms with Gasteiger partial charge in [0.15, 0.2) is 5.11 Å². The molecule has 0 atom stereocenters. The third kappa shape index (κ3) is 5.23. The van der Waals surface area contributed by atoms with Gasteiger partial charge in [-0.1, -0.05) is 11.6 Å². The average Bonchev–Trinajstić information content (AvgIpc) is 2.56. The number of ether oxygens (including phenoxy) is 1. The minimum Gasteiger partial charge on any atom is -0.495 e. The molecule has 0 spiro atoms. The first kappa shape index (κ1) is 18.8. The predicted molar refractivity (Wildman–Crippen MR) is 108 cm³/mol. The Balaban J connectivity index is 2.07. The summed E-state index contributed by atoms with van der Waals surface area (Å²) >= 11 is 11.5. The first-order valence-electron chi connectivity index (χ1n) is 7.44. The molecule has 0 aliphatic heterocycles. The molecule has 0 fully saturated rings. The monoisotopic (exact) mass is 378 g/mol. The van der Waals surface area contributed by atoms with Crippen molar-refractivity contribution in [3.8, 4) is 5.75 Å². The van der Waals surface area contributed by atoms with E-state index < -0.39 is 0 Å². The van der Waals surface area contributed by atoms with Crippen LogP contribution >= 0.6 is 23.8 Å². The number of hydrogen-bond acceptors (Lipinski definition) is 4. The van der Waals surface area contributed by atoms with Crippen molar-refractivity contribution < 1.29 is 9.53 Å². The molecule has 25 heavy (non-hydrogen) atoms. The van der Waals surface area contributed by atoms with Gasteiger partial charge in [-0.3, -0.25) is 4.79 Å². The Morgan fingerprint density at radius 1 is 1.04 bits per heavy atom. The Labute approximate surface area is 156 Å². The smallest absolute Gasteiger partial charge is 0.221 e. The Morgan fingerprint density at radius 2 is 1.64 bits per heavy atom. The van der Waals surface area contributed by atoms with E-state index in [0.29, 0.717) is 15.9 Å². The summed E-state index contributed by atoms with van der Waals surface area (Å²) < 4.78 is 5.20. The Morgan fingerprint density at radius 3 is 2.16 bits per heavy atom. The van der Waals surface area contributed by atoms with Gasteiger partial charge in [0.05, 0.1) is 23.5 Å². The Kier molecular flexibility index (Phi) is 6.44. The third-order valence-electron chi connectivity index (χ3n) is 3.27. The van der Waals surface area contributed by atoms with E-state index in [0.717, 1.165) is 22.7 Å². The molecule has 4 N–H and O–H groups in total. The molecular weight excluding hydrogens is 360 g/mol. The van der Waals surface area contributed by atoms with Crippen LogP contribution in [0.25, 0.3) is 0 Å². The van der Waals surface area contributed by atoms with Gasteiger partial charge in [0.25, 0.3) is 0 Å². The lowest BCUT2D eigenvalue weighted by atomic mass is 10.2. The molecule has 8 heteroatoms. The topological polar surface area (TPSA) is 74.4 Å². The first-order chi connectivity index (χ1) is 11.9. The largest absolute Gasteiger partial charge is 0.495 e. The van der Waals surface area contributed by atoms with Crippen LogP contribution in [0.3, 0.4) is 0 Å². The van der Waals surface area contributed by atoms with Gasteiger partial charge in [0, 0.05) is 31.4 Å². The highest BCUT2D eigenvalue weighted by atomic mass is 35.5. The summed E-state index contributed by atoms with van der Waals surface area (Å²) in [5.41, 5.74) is 3.03. The maximum atomic E-state index is 11.0. The number of thiocarbonyl (C=S) groups is 1. The second kappa shape index (κ2) is 8.55. The van der Waals surface area contributed by atoms with Crippen molar-refractivity contribution in [1.82, 2.24) is 0 Å². The molecule has 0 radical (unpaired) electrons. The lowest BCUT2D eigenvalue weighted by Crippen LogP contribution is -2.19. The van der Waals surface area contributed by atoms with Crippen LogP contribution in [0.4, 0.5) is 22.7 Å². The molecule has 0 saturated carbocycles. The molecule has 0 bridgehead atoms. The highest BCUT2D eigenvalue weighted by Gasteiger charge is 2.10. The number of anilines is 4. The average molecular weight is 379 g/mol. The number of nitrogens with one attached hydrogen (secondary N) is 4. The summed E-state index contributed by atoms with van der Waals surface area (Å²) in [6.45, 7) is 1.46. The molecule has 2 aromatic rings. The summed E-state index contributed by atoms with van der Waals surface area (Å²) in [4.78, 5) is 11.0. The van der Waals surface area contributed by atoms with Gasteiger partial charge in [-0.25, -0.2) is 0 Å². The van der Waals surface area contributed by atoms with Crippen LogP contribution in [0.1, 0.15) is 6.92 Å². The highest BCUT2D eigenvalue weighted by molar-refractivity contribution is 7.80. The normalized spacial score (nSPS) is 9.92. The van der Waals surface area contributed by atoms with Gasteiger partial charge < -0.3 is 26.0 Å². The number of benzene rings is 2. The van der Waals surface area contributed by atoms with Gasteiger partial charge in [0.2, 0.25) is 5.91 Å². The number of amides is 1. The van der Waals surface area contributed by atoms with E-state index in [9.17, 15) is 4.79 Å². The molecule has 0 aliphatic carbocycles. The lowest BCUT2D eigenvalue weighted by Gasteiger charge is -2.16. The maximum Gasteiger partial charge on any atom is 0.221 e. The standard InChI is InChI=1S/C17H19ClN4O2S/c1-10(23)20-11-4-6-12(7-5-11)21-17(25)22-15-8-13(18)16(24-3)9-14(15)19-2/h4-9,19H,1-3H3,(H,20,23)(H2,21,22,25). The van der Waals surface area contributed by atoms with Crippen molar-refractivity contribution in [2.24, 2.45) is 0 Å². The van der Waals surface area contributed by atoms with Crippen LogP contribution < -0.4 is 26.0 Å². The van der Waals surface area contributed by atoms with Gasteiger partial charge in [-0.2, -0.15) is 0 Å². The minimum absolute atomic E-state index is 0.117. The SMILES string of the molecule is CNc1cc(OC)c(Cl)cc1NC(=S)Nc1ccc(NC(C)=O)cc1. The van der Waals surface area contributed by atoms with E-state index >= 15 is 0 Å². The summed E-state index contributed by atoms with van der Waals surface area (Å²) in [5, 5.41) is 12.8. The van der Waals surface area contributed by atoms with Gasteiger partial charge in [-0.05, 0) is 42.5 Å². The van der Waals surface area contributed by atoms with E-state index in [1.807, 2.05) is 12.1 Å². The number of carbonyl (C=O) groups excluding carboxylic acids is 1. The number of hydrogen-bond donors (Lipinski definition) is 4. The van der Waals surface area contributed by atoms with Crippen LogP contribution in [0.5, 0.6) is 5.75 Å². The van der Waals surface area contributed by atoms with Crippen molar-refractivity contribution in [3.63, 3.8) is 0 Å². The zero-order valence-corrected chi connectivity index (χ0v) is 15.6. The molecule has 132 valence electrons. The molecule has 0 unspecified atom stereocenters. The van der Waals surface area contributed by atoms with Crippen LogP contribution in [0.2, 0.25) is 5.02 Å². The fourth-order valence-corrected chi connectivity index (χ4v) is 2.61. The van der Waals surface area contributed by atoms with E-state index in [-0.39, 0.29) is 5.91 Å². The van der Waals surface area contributed by atoms with Gasteiger partial charge in [-0.15, -0.1) is 0 Å². The zero-order chi connectivity index (χ0) is 18.4. The van der Waals surface area contributed by atoms with Crippen molar-refractivity contribution in [2.45, 2.75) is 6.92 Å². The summed E-state index contributed by atoms with van der Waals surface area (Å²) in [6, 6.07) is 10.7. The van der Waals surface area contributed by atoms with Crippen molar-refractivity contribution in [3.05, 3.63) is 41.4 Å². The fourth-order valence-electron chi connectivity index (χ4n) is 2.14. The van der Waals surface area contributed by atoms with Crippen molar-refractivity contribution in [1.29, 1.82) is 0 Å². The summed E-state index contributed by atoms with van der Waals surface area (Å²) in [6.07, 6.45) is 0.